The van der Waals surface area contributed by atoms with Crippen molar-refractivity contribution in [1.82, 2.24) is 0 Å². The molecule has 0 heterocycles. The Bertz CT molecular complexity index is 535. The van der Waals surface area contributed by atoms with E-state index in [1.807, 2.05) is 12.1 Å². The van der Waals surface area contributed by atoms with Gasteiger partial charge in [0.1, 0.15) is 5.75 Å². The maximum absolute atomic E-state index is 6.60. The summed E-state index contributed by atoms with van der Waals surface area (Å²) in [4.78, 5) is 0. The predicted octanol–water partition coefficient (Wildman–Crippen LogP) is 4.52. The summed E-state index contributed by atoms with van der Waals surface area (Å²) >= 11 is 0. The molecule has 2 rings (SSSR count). The molecule has 0 aliphatic rings. The first-order valence-corrected chi connectivity index (χ1v) is 7.61. The van der Waals surface area contributed by atoms with Gasteiger partial charge in [0.05, 0.1) is 7.11 Å². The fourth-order valence-corrected chi connectivity index (χ4v) is 2.85. The fourth-order valence-electron chi connectivity index (χ4n) is 2.85. The zero-order valence-electron chi connectivity index (χ0n) is 13.1. The van der Waals surface area contributed by atoms with E-state index >= 15 is 0 Å². The number of nitrogens with two attached hydrogens (primary N) is 1. The molecule has 0 radical (unpaired) electrons. The minimum atomic E-state index is -0.00624. The Morgan fingerprint density at radius 3 is 2.10 bits per heavy atom. The molecule has 0 aromatic heterocycles. The summed E-state index contributed by atoms with van der Waals surface area (Å²) in [5.41, 5.74) is 9.07. The van der Waals surface area contributed by atoms with Crippen LogP contribution in [0.25, 0.3) is 0 Å². The summed E-state index contributed by atoms with van der Waals surface area (Å²) in [5.74, 6) is 1.72. The van der Waals surface area contributed by atoms with Crippen molar-refractivity contribution in [2.24, 2.45) is 11.7 Å². The summed E-state index contributed by atoms with van der Waals surface area (Å²) in [6, 6.07) is 18.7. The first-order valence-electron chi connectivity index (χ1n) is 7.61. The Morgan fingerprint density at radius 2 is 1.57 bits per heavy atom. The van der Waals surface area contributed by atoms with Crippen LogP contribution in [0.15, 0.2) is 54.6 Å². The third-order valence-corrected chi connectivity index (χ3v) is 4.33. The summed E-state index contributed by atoms with van der Waals surface area (Å²) in [7, 11) is 1.68. The third kappa shape index (κ3) is 3.64. The van der Waals surface area contributed by atoms with E-state index in [0.29, 0.717) is 11.8 Å². The van der Waals surface area contributed by atoms with Gasteiger partial charge < -0.3 is 10.5 Å². The van der Waals surface area contributed by atoms with Crippen LogP contribution in [0.2, 0.25) is 0 Å². The predicted molar refractivity (Wildman–Crippen MR) is 88.6 cm³/mol. The van der Waals surface area contributed by atoms with Crippen molar-refractivity contribution in [2.75, 3.05) is 7.11 Å². The van der Waals surface area contributed by atoms with Crippen LogP contribution in [0.3, 0.4) is 0 Å². The van der Waals surface area contributed by atoms with Gasteiger partial charge in [-0.1, -0.05) is 62.7 Å². The average Bonchev–Trinajstić information content (AvgIpc) is 2.55. The molecule has 0 spiro atoms. The minimum absolute atomic E-state index is 0.00624. The maximum Gasteiger partial charge on any atom is 0.118 e. The van der Waals surface area contributed by atoms with E-state index in [1.54, 1.807) is 7.11 Å². The van der Waals surface area contributed by atoms with E-state index in [2.05, 4.69) is 56.3 Å². The number of ether oxygens (including phenoxy) is 1. The number of benzene rings is 2. The second-order valence-electron chi connectivity index (χ2n) is 5.62. The lowest BCUT2D eigenvalue weighted by molar-refractivity contribution is 0.386. The maximum atomic E-state index is 6.60. The molecule has 2 heteroatoms. The van der Waals surface area contributed by atoms with Crippen LogP contribution >= 0.6 is 0 Å². The Balaban J connectivity index is 2.31. The minimum Gasteiger partial charge on any atom is -0.497 e. The van der Waals surface area contributed by atoms with Gasteiger partial charge in [0.25, 0.3) is 0 Å². The lowest BCUT2D eigenvalue weighted by atomic mass is 9.78. The van der Waals surface area contributed by atoms with E-state index in [9.17, 15) is 0 Å². The molecule has 0 aliphatic heterocycles. The normalized spacial score (nSPS) is 15.2. The van der Waals surface area contributed by atoms with Crippen molar-refractivity contribution >= 4 is 0 Å². The Labute approximate surface area is 127 Å². The number of rotatable bonds is 6. The van der Waals surface area contributed by atoms with Crippen molar-refractivity contribution in [3.05, 3.63) is 65.7 Å². The van der Waals surface area contributed by atoms with Crippen LogP contribution in [0, 0.1) is 5.92 Å². The Morgan fingerprint density at radius 1 is 0.952 bits per heavy atom. The molecule has 3 unspecified atom stereocenters. The summed E-state index contributed by atoms with van der Waals surface area (Å²) in [6.45, 7) is 4.50. The van der Waals surface area contributed by atoms with E-state index in [1.165, 1.54) is 5.56 Å². The van der Waals surface area contributed by atoms with E-state index in [0.717, 1.165) is 17.7 Å². The molecule has 2 nitrogen and oxygen atoms in total. The van der Waals surface area contributed by atoms with Gasteiger partial charge in [0, 0.05) is 12.0 Å². The largest absolute Gasteiger partial charge is 0.497 e. The lowest BCUT2D eigenvalue weighted by Gasteiger charge is -2.30. The van der Waals surface area contributed by atoms with Gasteiger partial charge in [0.2, 0.25) is 0 Å². The zero-order chi connectivity index (χ0) is 15.2. The Hall–Kier alpha value is -1.80. The molecule has 0 saturated carbocycles. The molecule has 0 aliphatic carbocycles. The van der Waals surface area contributed by atoms with Gasteiger partial charge in [-0.15, -0.1) is 0 Å². The van der Waals surface area contributed by atoms with Crippen LogP contribution < -0.4 is 10.5 Å². The van der Waals surface area contributed by atoms with Crippen LogP contribution in [-0.4, -0.2) is 7.11 Å². The van der Waals surface area contributed by atoms with Gasteiger partial charge in [-0.2, -0.15) is 0 Å². The fraction of sp³-hybridized carbons (Fsp3) is 0.368. The molecule has 2 N–H and O–H groups in total. The highest BCUT2D eigenvalue weighted by molar-refractivity contribution is 5.32. The van der Waals surface area contributed by atoms with Crippen LogP contribution in [0.5, 0.6) is 5.75 Å². The van der Waals surface area contributed by atoms with Crippen molar-refractivity contribution in [3.8, 4) is 5.75 Å². The molecule has 0 bridgehead atoms. The molecule has 2 aromatic carbocycles. The van der Waals surface area contributed by atoms with Crippen molar-refractivity contribution in [3.63, 3.8) is 0 Å². The molecular formula is C19H25NO. The molecule has 3 atom stereocenters. The topological polar surface area (TPSA) is 35.2 Å². The zero-order valence-corrected chi connectivity index (χ0v) is 13.1. The molecule has 2 aromatic rings. The van der Waals surface area contributed by atoms with Gasteiger partial charge >= 0.3 is 0 Å². The Kier molecular flexibility index (Phi) is 5.40. The average molecular weight is 283 g/mol. The molecular weight excluding hydrogens is 258 g/mol. The quantitative estimate of drug-likeness (QED) is 0.845. The van der Waals surface area contributed by atoms with Crippen molar-refractivity contribution in [1.29, 1.82) is 0 Å². The summed E-state index contributed by atoms with van der Waals surface area (Å²) in [6.07, 6.45) is 1.11. The van der Waals surface area contributed by atoms with Gasteiger partial charge in [-0.25, -0.2) is 0 Å². The van der Waals surface area contributed by atoms with Gasteiger partial charge in [-0.3, -0.25) is 0 Å². The highest BCUT2D eigenvalue weighted by Gasteiger charge is 2.25. The van der Waals surface area contributed by atoms with Crippen LogP contribution in [0.1, 0.15) is 43.4 Å². The molecule has 0 saturated heterocycles. The smallest absolute Gasteiger partial charge is 0.118 e. The van der Waals surface area contributed by atoms with Gasteiger partial charge in [-0.05, 0) is 29.2 Å². The first kappa shape index (κ1) is 15.6. The molecule has 0 amide bonds. The standard InChI is InChI=1S/C19H25NO/c1-4-14(2)18(15-8-6-5-7-9-15)19(20)16-10-12-17(21-3)13-11-16/h5-14,18-19H,4,20H2,1-3H3. The summed E-state index contributed by atoms with van der Waals surface area (Å²) < 4.78 is 5.22. The SMILES string of the molecule is CCC(C)C(c1ccccc1)C(N)c1ccc(OC)cc1. The highest BCUT2D eigenvalue weighted by atomic mass is 16.5. The molecule has 21 heavy (non-hydrogen) atoms. The molecule has 112 valence electrons. The second-order valence-corrected chi connectivity index (χ2v) is 5.62. The number of hydrogen-bond donors (Lipinski definition) is 1. The third-order valence-electron chi connectivity index (χ3n) is 4.33. The van der Waals surface area contributed by atoms with E-state index in [4.69, 9.17) is 10.5 Å². The first-order chi connectivity index (χ1) is 10.2. The molecule has 0 fully saturated rings. The van der Waals surface area contributed by atoms with Crippen LogP contribution in [-0.2, 0) is 0 Å². The monoisotopic (exact) mass is 283 g/mol. The lowest BCUT2D eigenvalue weighted by Crippen LogP contribution is -2.24. The van der Waals surface area contributed by atoms with Gasteiger partial charge in [0.15, 0.2) is 0 Å². The second kappa shape index (κ2) is 7.28. The van der Waals surface area contributed by atoms with Crippen molar-refractivity contribution < 1.29 is 4.74 Å². The van der Waals surface area contributed by atoms with E-state index in [-0.39, 0.29) is 6.04 Å². The van der Waals surface area contributed by atoms with Crippen molar-refractivity contribution in [2.45, 2.75) is 32.2 Å². The summed E-state index contributed by atoms with van der Waals surface area (Å²) in [5, 5.41) is 0. The highest BCUT2D eigenvalue weighted by Crippen LogP contribution is 2.37. The number of methoxy groups -OCH3 is 1. The van der Waals surface area contributed by atoms with Crippen LogP contribution in [0.4, 0.5) is 0 Å². The number of hydrogen-bond acceptors (Lipinski definition) is 2. The van der Waals surface area contributed by atoms with E-state index < -0.39 is 0 Å².